The monoisotopic (exact) mass is 403 g/mol. The summed E-state index contributed by atoms with van der Waals surface area (Å²) in [4.78, 5) is 26.6. The zero-order valence-electron chi connectivity index (χ0n) is 14.9. The van der Waals surface area contributed by atoms with Crippen LogP contribution in [-0.4, -0.2) is 29.8 Å². The van der Waals surface area contributed by atoms with Crippen LogP contribution in [0.4, 0.5) is 4.79 Å². The smallest absolute Gasteiger partial charge is 0.293 e. The van der Waals surface area contributed by atoms with Crippen LogP contribution in [0, 0.1) is 0 Å². The lowest BCUT2D eigenvalue weighted by molar-refractivity contribution is -0.123. The van der Waals surface area contributed by atoms with E-state index in [4.69, 9.17) is 21.1 Å². The molecule has 0 spiro atoms. The third-order valence-electron chi connectivity index (χ3n) is 3.93. The molecule has 2 aromatic rings. The normalized spacial score (nSPS) is 15.5. The molecule has 0 radical (unpaired) electrons. The van der Waals surface area contributed by atoms with Crippen LogP contribution in [-0.2, 0) is 11.3 Å². The Hall–Kier alpha value is -2.44. The van der Waals surface area contributed by atoms with Gasteiger partial charge in [0.05, 0.1) is 25.2 Å². The number of rotatable bonds is 6. The second kappa shape index (κ2) is 8.50. The Bertz CT molecular complexity index is 895. The predicted octanol–water partition coefficient (Wildman–Crippen LogP) is 4.98. The molecule has 0 aromatic heterocycles. The molecule has 0 aliphatic carbocycles. The number of amides is 2. The average molecular weight is 404 g/mol. The van der Waals surface area contributed by atoms with Crippen LogP contribution in [0.2, 0.25) is 5.02 Å². The number of carbonyl (C=O) groups excluding carboxylic acids is 2. The number of imide groups is 1. The van der Waals surface area contributed by atoms with Crippen molar-refractivity contribution in [1.29, 1.82) is 0 Å². The molecule has 27 heavy (non-hydrogen) atoms. The van der Waals surface area contributed by atoms with E-state index in [1.807, 2.05) is 19.1 Å². The van der Waals surface area contributed by atoms with Crippen molar-refractivity contribution in [2.24, 2.45) is 0 Å². The number of para-hydroxylation sites is 1. The molecule has 1 aliphatic rings. The largest absolute Gasteiger partial charge is 0.493 e. The van der Waals surface area contributed by atoms with Crippen molar-refractivity contribution in [2.45, 2.75) is 13.5 Å². The first kappa shape index (κ1) is 19.3. The van der Waals surface area contributed by atoms with Gasteiger partial charge in [-0.25, -0.2) is 0 Å². The fraction of sp³-hybridized carbons (Fsp3) is 0.200. The lowest BCUT2D eigenvalue weighted by Gasteiger charge is -2.13. The Kier molecular flexibility index (Phi) is 6.08. The SMILES string of the molecule is CCOc1c(/C=C2\SC(=O)N(Cc3ccc(Cl)cc3)C2=O)cccc1OC. The van der Waals surface area contributed by atoms with E-state index in [1.165, 1.54) is 4.90 Å². The van der Waals surface area contributed by atoms with Crippen molar-refractivity contribution in [1.82, 2.24) is 4.90 Å². The third kappa shape index (κ3) is 4.28. The van der Waals surface area contributed by atoms with Gasteiger partial charge in [0.1, 0.15) is 0 Å². The number of methoxy groups -OCH3 is 1. The average Bonchev–Trinajstić information content (AvgIpc) is 2.92. The van der Waals surface area contributed by atoms with Crippen LogP contribution >= 0.6 is 23.4 Å². The quantitative estimate of drug-likeness (QED) is 0.636. The fourth-order valence-corrected chi connectivity index (χ4v) is 3.61. The van der Waals surface area contributed by atoms with Crippen LogP contribution < -0.4 is 9.47 Å². The highest BCUT2D eigenvalue weighted by Crippen LogP contribution is 2.37. The molecule has 2 aromatic carbocycles. The molecule has 0 N–H and O–H groups in total. The van der Waals surface area contributed by atoms with Gasteiger partial charge in [-0.1, -0.05) is 35.9 Å². The standard InChI is InChI=1S/C20H18ClNO4S/c1-3-26-18-14(5-4-6-16(18)25-2)11-17-19(23)22(20(24)27-17)12-13-7-9-15(21)10-8-13/h4-11H,3,12H2,1-2H3/b17-11-. The van der Waals surface area contributed by atoms with Crippen LogP contribution in [0.15, 0.2) is 47.4 Å². The zero-order chi connectivity index (χ0) is 19.4. The number of ether oxygens (including phenoxy) is 2. The van der Waals surface area contributed by atoms with Crippen LogP contribution in [0.5, 0.6) is 11.5 Å². The fourth-order valence-electron chi connectivity index (χ4n) is 2.66. The number of hydrogen-bond donors (Lipinski definition) is 0. The van der Waals surface area contributed by atoms with Crippen LogP contribution in [0.25, 0.3) is 6.08 Å². The Morgan fingerprint density at radius 2 is 1.89 bits per heavy atom. The Morgan fingerprint density at radius 1 is 1.15 bits per heavy atom. The number of nitrogens with zero attached hydrogens (tertiary/aromatic N) is 1. The summed E-state index contributed by atoms with van der Waals surface area (Å²) in [5.74, 6) is 0.795. The summed E-state index contributed by atoms with van der Waals surface area (Å²) in [5, 5.41) is 0.302. The molecule has 2 amide bonds. The minimum Gasteiger partial charge on any atom is -0.493 e. The molecule has 1 heterocycles. The molecule has 0 atom stereocenters. The Balaban J connectivity index is 1.87. The minimum absolute atomic E-state index is 0.204. The van der Waals surface area contributed by atoms with E-state index >= 15 is 0 Å². The molecular weight excluding hydrogens is 386 g/mol. The lowest BCUT2D eigenvalue weighted by atomic mass is 10.1. The van der Waals surface area contributed by atoms with Gasteiger partial charge in [0, 0.05) is 10.6 Å². The van der Waals surface area contributed by atoms with Gasteiger partial charge < -0.3 is 9.47 Å². The maximum absolute atomic E-state index is 12.7. The molecule has 0 unspecified atom stereocenters. The molecule has 7 heteroatoms. The van der Waals surface area contributed by atoms with Gasteiger partial charge in [-0.05, 0) is 48.5 Å². The summed E-state index contributed by atoms with van der Waals surface area (Å²) in [5.41, 5.74) is 1.52. The second-order valence-electron chi connectivity index (χ2n) is 5.71. The number of benzene rings is 2. The minimum atomic E-state index is -0.329. The molecule has 0 bridgehead atoms. The molecule has 140 valence electrons. The first-order valence-corrected chi connectivity index (χ1v) is 9.52. The predicted molar refractivity (Wildman–Crippen MR) is 107 cm³/mol. The van der Waals surface area contributed by atoms with E-state index in [0.717, 1.165) is 17.3 Å². The highest BCUT2D eigenvalue weighted by atomic mass is 35.5. The first-order chi connectivity index (χ1) is 13.0. The summed E-state index contributed by atoms with van der Waals surface area (Å²) < 4.78 is 11.0. The summed E-state index contributed by atoms with van der Waals surface area (Å²) in [6.45, 7) is 2.53. The summed E-state index contributed by atoms with van der Waals surface area (Å²) in [7, 11) is 1.56. The lowest BCUT2D eigenvalue weighted by Crippen LogP contribution is -2.27. The number of hydrogen-bond acceptors (Lipinski definition) is 5. The molecule has 1 saturated heterocycles. The summed E-state index contributed by atoms with van der Waals surface area (Å²) in [6.07, 6.45) is 1.67. The van der Waals surface area contributed by atoms with Gasteiger partial charge in [-0.15, -0.1) is 0 Å². The second-order valence-corrected chi connectivity index (χ2v) is 7.14. The molecular formula is C20H18ClNO4S. The van der Waals surface area contributed by atoms with Gasteiger partial charge in [0.15, 0.2) is 11.5 Å². The van der Waals surface area contributed by atoms with E-state index in [1.54, 1.807) is 43.5 Å². The van der Waals surface area contributed by atoms with Crippen molar-refractivity contribution in [3.8, 4) is 11.5 Å². The Labute approximate surface area is 166 Å². The van der Waals surface area contributed by atoms with E-state index in [9.17, 15) is 9.59 Å². The van der Waals surface area contributed by atoms with E-state index in [0.29, 0.717) is 33.6 Å². The number of thioether (sulfide) groups is 1. The maximum Gasteiger partial charge on any atom is 0.293 e. The zero-order valence-corrected chi connectivity index (χ0v) is 16.5. The summed E-state index contributed by atoms with van der Waals surface area (Å²) >= 11 is 6.80. The van der Waals surface area contributed by atoms with Crippen molar-refractivity contribution in [3.05, 3.63) is 63.5 Å². The molecule has 3 rings (SSSR count). The van der Waals surface area contributed by atoms with E-state index in [2.05, 4.69) is 0 Å². The van der Waals surface area contributed by atoms with Gasteiger partial charge in [0.25, 0.3) is 11.1 Å². The van der Waals surface area contributed by atoms with Crippen LogP contribution in [0.3, 0.4) is 0 Å². The topological polar surface area (TPSA) is 55.8 Å². The molecule has 5 nitrogen and oxygen atoms in total. The van der Waals surface area contributed by atoms with Gasteiger partial charge >= 0.3 is 0 Å². The highest BCUT2D eigenvalue weighted by molar-refractivity contribution is 8.18. The summed E-state index contributed by atoms with van der Waals surface area (Å²) in [6, 6.07) is 12.5. The van der Waals surface area contributed by atoms with Gasteiger partial charge in [-0.2, -0.15) is 0 Å². The molecule has 1 aliphatic heterocycles. The Morgan fingerprint density at radius 3 is 2.56 bits per heavy atom. The molecule has 1 fully saturated rings. The van der Waals surface area contributed by atoms with Crippen molar-refractivity contribution in [3.63, 3.8) is 0 Å². The van der Waals surface area contributed by atoms with Gasteiger partial charge in [0.2, 0.25) is 0 Å². The van der Waals surface area contributed by atoms with E-state index in [-0.39, 0.29) is 17.7 Å². The maximum atomic E-state index is 12.7. The third-order valence-corrected chi connectivity index (χ3v) is 5.09. The van der Waals surface area contributed by atoms with E-state index < -0.39 is 0 Å². The first-order valence-electron chi connectivity index (χ1n) is 8.33. The van der Waals surface area contributed by atoms with Crippen molar-refractivity contribution in [2.75, 3.05) is 13.7 Å². The number of carbonyl (C=O) groups is 2. The highest BCUT2D eigenvalue weighted by Gasteiger charge is 2.35. The number of halogens is 1. The van der Waals surface area contributed by atoms with Crippen LogP contribution in [0.1, 0.15) is 18.1 Å². The van der Waals surface area contributed by atoms with Gasteiger partial charge in [-0.3, -0.25) is 14.5 Å². The molecule has 0 saturated carbocycles. The van der Waals surface area contributed by atoms with Crippen molar-refractivity contribution < 1.29 is 19.1 Å². The van der Waals surface area contributed by atoms with Crippen molar-refractivity contribution >= 4 is 40.6 Å².